The second-order valence-corrected chi connectivity index (χ2v) is 10.2. The number of anilines is 1. The zero-order valence-corrected chi connectivity index (χ0v) is 20.1. The zero-order chi connectivity index (χ0) is 26.1. The Hall–Kier alpha value is -3.23. The number of halogens is 4. The third kappa shape index (κ3) is 4.22. The summed E-state index contributed by atoms with van der Waals surface area (Å²) in [7, 11) is 0. The molecule has 3 aliphatic rings. The summed E-state index contributed by atoms with van der Waals surface area (Å²) in [5.41, 5.74) is 1.15. The number of aromatic amines is 1. The first kappa shape index (κ1) is 24.1. The monoisotopic (exact) mass is 540 g/mol. The molecule has 2 N–H and O–H groups in total. The number of benzene rings is 1. The maximum Gasteiger partial charge on any atom is 0.586 e. The smallest absolute Gasteiger partial charge is 0.395 e. The second-order valence-electron chi connectivity index (χ2n) is 9.20. The van der Waals surface area contributed by atoms with Crippen LogP contribution in [0.15, 0.2) is 23.1 Å². The van der Waals surface area contributed by atoms with E-state index in [4.69, 9.17) is 4.74 Å². The molecule has 1 fully saturated rings. The van der Waals surface area contributed by atoms with Crippen LogP contribution in [0.5, 0.6) is 11.5 Å². The predicted octanol–water partition coefficient (Wildman–Crippen LogP) is 3.79. The number of thiazole rings is 1. The van der Waals surface area contributed by atoms with Crippen LogP contribution in [-0.4, -0.2) is 52.1 Å². The van der Waals surface area contributed by atoms with Crippen molar-refractivity contribution >= 4 is 32.6 Å². The minimum atomic E-state index is -3.75. The van der Waals surface area contributed by atoms with Gasteiger partial charge in [-0.25, -0.2) is 13.8 Å². The number of rotatable bonds is 4. The molecule has 14 heteroatoms. The van der Waals surface area contributed by atoms with Crippen LogP contribution in [0.2, 0.25) is 0 Å². The number of hydrogen-bond donors (Lipinski definition) is 2. The number of piperidine rings is 1. The van der Waals surface area contributed by atoms with E-state index in [0.29, 0.717) is 26.9 Å². The summed E-state index contributed by atoms with van der Waals surface area (Å²) in [6.07, 6.45) is -2.88. The number of likely N-dealkylation sites (tertiary alicyclic amines) is 1. The van der Waals surface area contributed by atoms with Crippen molar-refractivity contribution < 1.29 is 36.6 Å². The highest BCUT2D eigenvalue weighted by Gasteiger charge is 2.48. The van der Waals surface area contributed by atoms with Gasteiger partial charge < -0.3 is 24.5 Å². The molecule has 0 unspecified atom stereocenters. The number of H-pyrrole nitrogens is 1. The molecule has 6 rings (SSSR count). The molecular formula is C23H20F4N4O5S. The predicted molar refractivity (Wildman–Crippen MR) is 123 cm³/mol. The lowest BCUT2D eigenvalue weighted by atomic mass is 9.84. The third-order valence-corrected chi connectivity index (χ3v) is 7.88. The quantitative estimate of drug-likeness (QED) is 0.485. The first-order valence-corrected chi connectivity index (χ1v) is 12.3. The number of ether oxygens (including phenoxy) is 3. The summed E-state index contributed by atoms with van der Waals surface area (Å²) >= 11 is 1.06. The van der Waals surface area contributed by atoms with Gasteiger partial charge in [0.2, 0.25) is 5.91 Å². The zero-order valence-electron chi connectivity index (χ0n) is 19.3. The molecular weight excluding hydrogens is 520 g/mol. The number of nitrogens with one attached hydrogen (secondary N) is 2. The van der Waals surface area contributed by atoms with Crippen molar-refractivity contribution in [2.75, 3.05) is 18.4 Å². The molecule has 196 valence electrons. The maximum atomic E-state index is 15.0. The topological polar surface area (TPSA) is 106 Å². The van der Waals surface area contributed by atoms with E-state index in [-0.39, 0.29) is 48.5 Å². The lowest BCUT2D eigenvalue weighted by Gasteiger charge is -2.41. The lowest BCUT2D eigenvalue weighted by molar-refractivity contribution is -0.286. The Balaban J connectivity index is 1.19. The first-order valence-electron chi connectivity index (χ1n) is 11.4. The van der Waals surface area contributed by atoms with Crippen molar-refractivity contribution in [1.29, 1.82) is 0 Å². The fraction of sp³-hybridized carbons (Fsp3) is 0.435. The average molecular weight is 540 g/mol. The Labute approximate surface area is 210 Å². The van der Waals surface area contributed by atoms with E-state index in [2.05, 4.69) is 24.8 Å². The Morgan fingerprint density at radius 3 is 2.73 bits per heavy atom. The maximum absolute atomic E-state index is 15.0. The Kier molecular flexibility index (Phi) is 5.47. The van der Waals surface area contributed by atoms with Crippen LogP contribution in [-0.2, 0) is 22.7 Å². The summed E-state index contributed by atoms with van der Waals surface area (Å²) in [5.74, 6) is -5.01. The summed E-state index contributed by atoms with van der Waals surface area (Å²) in [4.78, 5) is 33.5. The highest BCUT2D eigenvalue weighted by atomic mass is 32.1. The molecule has 0 radical (unpaired) electrons. The van der Waals surface area contributed by atoms with Crippen molar-refractivity contribution in [2.24, 2.45) is 0 Å². The number of aromatic nitrogens is 2. The van der Waals surface area contributed by atoms with Gasteiger partial charge in [-0.15, -0.1) is 8.78 Å². The van der Waals surface area contributed by atoms with E-state index in [9.17, 15) is 18.4 Å². The number of carbonyl (C=O) groups is 1. The molecule has 37 heavy (non-hydrogen) atoms. The van der Waals surface area contributed by atoms with Gasteiger partial charge in [0.25, 0.3) is 11.5 Å². The van der Waals surface area contributed by atoms with Crippen LogP contribution < -0.4 is 20.3 Å². The number of amides is 1. The molecule has 5 heterocycles. The highest BCUT2D eigenvalue weighted by Crippen LogP contribution is 2.45. The molecule has 1 amide bonds. The summed E-state index contributed by atoms with van der Waals surface area (Å²) in [6, 6.07) is 1.88. The van der Waals surface area contributed by atoms with Crippen molar-refractivity contribution in [2.45, 2.75) is 50.7 Å². The van der Waals surface area contributed by atoms with E-state index >= 15 is 8.78 Å². The highest BCUT2D eigenvalue weighted by molar-refractivity contribution is 7.22. The van der Waals surface area contributed by atoms with Crippen molar-refractivity contribution in [3.05, 3.63) is 45.4 Å². The molecule has 3 aromatic rings. The first-order chi connectivity index (χ1) is 17.5. The summed E-state index contributed by atoms with van der Waals surface area (Å²) in [6.45, 7) is 1.67. The number of hydrogen-bond acceptors (Lipinski definition) is 8. The molecule has 2 atom stereocenters. The number of nitrogens with zero attached hydrogens (tertiary/aromatic N) is 2. The second kappa shape index (κ2) is 8.39. The van der Waals surface area contributed by atoms with E-state index in [0.717, 1.165) is 11.3 Å². The third-order valence-electron chi connectivity index (χ3n) is 6.94. The number of fused-ring (bicyclic) bond motifs is 3. The number of alkyl halides is 4. The molecule has 0 bridgehead atoms. The minimum absolute atomic E-state index is 0.00438. The van der Waals surface area contributed by atoms with E-state index < -0.39 is 36.5 Å². The van der Waals surface area contributed by atoms with Crippen LogP contribution in [0.3, 0.4) is 0 Å². The van der Waals surface area contributed by atoms with Crippen molar-refractivity contribution in [3.63, 3.8) is 0 Å². The largest absolute Gasteiger partial charge is 0.586 e. The molecule has 1 aromatic carbocycles. The van der Waals surface area contributed by atoms with Gasteiger partial charge in [0, 0.05) is 43.4 Å². The summed E-state index contributed by atoms with van der Waals surface area (Å²) < 4.78 is 71.4. The number of pyridine rings is 1. The van der Waals surface area contributed by atoms with Crippen LogP contribution in [0.25, 0.3) is 10.2 Å². The van der Waals surface area contributed by atoms with Crippen LogP contribution in [0.4, 0.5) is 22.7 Å². The average Bonchev–Trinajstić information content (AvgIpc) is 3.53. The van der Waals surface area contributed by atoms with Gasteiger partial charge in [0.15, 0.2) is 16.6 Å². The molecule has 9 nitrogen and oxygen atoms in total. The van der Waals surface area contributed by atoms with Gasteiger partial charge in [0.1, 0.15) is 0 Å². The molecule has 0 spiro atoms. The van der Waals surface area contributed by atoms with Gasteiger partial charge >= 0.3 is 6.29 Å². The molecule has 3 aliphatic heterocycles. The normalized spacial score (nSPS) is 22.7. The molecule has 0 aliphatic carbocycles. The van der Waals surface area contributed by atoms with Crippen LogP contribution in [0, 0.1) is 0 Å². The van der Waals surface area contributed by atoms with Crippen LogP contribution >= 0.6 is 11.3 Å². The Morgan fingerprint density at radius 2 is 1.95 bits per heavy atom. The van der Waals surface area contributed by atoms with Gasteiger partial charge in [-0.2, -0.15) is 0 Å². The van der Waals surface area contributed by atoms with Gasteiger partial charge in [-0.1, -0.05) is 11.3 Å². The van der Waals surface area contributed by atoms with Gasteiger partial charge in [0.05, 0.1) is 35.4 Å². The lowest BCUT2D eigenvalue weighted by Crippen LogP contribution is -2.52. The summed E-state index contributed by atoms with van der Waals surface area (Å²) in [5, 5.41) is 2.91. The standard InChI is InChI=1S/C23H20F4N4O5S/c1-10(19(32)30-21-29-15-4-16-17(5-18(15)37-21)36-23(26,27)35-16)31-3-2-22(24,25)14(7-31)11-6-28-20(33)13-9-34-8-12(11)13/h4-6,10,14H,2-3,7-9H2,1H3,(H,28,33)(H,29,30,32)/t10-,14+/m0/s1. The van der Waals surface area contributed by atoms with Gasteiger partial charge in [-0.05, 0) is 18.1 Å². The van der Waals surface area contributed by atoms with Crippen molar-refractivity contribution in [3.8, 4) is 11.5 Å². The van der Waals surface area contributed by atoms with E-state index in [1.54, 1.807) is 11.8 Å². The Bertz CT molecular complexity index is 1430. The van der Waals surface area contributed by atoms with Crippen molar-refractivity contribution in [1.82, 2.24) is 14.9 Å². The number of carbonyl (C=O) groups excluding carboxylic acids is 1. The minimum Gasteiger partial charge on any atom is -0.395 e. The SMILES string of the molecule is C[C@@H](C(=O)Nc1nc2cc3c(cc2s1)OC(F)(F)O3)N1CCC(F)(F)[C@@H](c2c[nH]c(=O)c3c2COC3)C1. The Morgan fingerprint density at radius 1 is 1.22 bits per heavy atom. The fourth-order valence-corrected chi connectivity index (χ4v) is 5.80. The molecule has 0 saturated carbocycles. The fourth-order valence-electron chi connectivity index (χ4n) is 4.92. The van der Waals surface area contributed by atoms with Crippen LogP contribution in [0.1, 0.15) is 36.0 Å². The van der Waals surface area contributed by atoms with Gasteiger partial charge in [-0.3, -0.25) is 14.5 Å². The molecule has 1 saturated heterocycles. The van der Waals surface area contributed by atoms with E-state index in [1.807, 2.05) is 0 Å². The molecule has 2 aromatic heterocycles. The van der Waals surface area contributed by atoms with E-state index in [1.165, 1.54) is 18.3 Å².